The van der Waals surface area contributed by atoms with Gasteiger partial charge in [-0.2, -0.15) is 0 Å². The quantitative estimate of drug-likeness (QED) is 0.826. The summed E-state index contributed by atoms with van der Waals surface area (Å²) in [5.41, 5.74) is 0.378. The smallest absolute Gasteiger partial charge is 0.357 e. The van der Waals surface area contributed by atoms with Crippen LogP contribution in [0.15, 0.2) is 5.38 Å². The molecule has 0 aromatic carbocycles. The summed E-state index contributed by atoms with van der Waals surface area (Å²) in [6, 6.07) is 0.584. The Bertz CT molecular complexity index is 408. The number of carbonyl (C=O) groups excluding carboxylic acids is 1. The summed E-state index contributed by atoms with van der Waals surface area (Å²) >= 11 is 1.44. The van der Waals surface area contributed by atoms with Gasteiger partial charge in [0.2, 0.25) is 0 Å². The predicted molar refractivity (Wildman–Crippen MR) is 72.2 cm³/mol. The Morgan fingerprint density at radius 2 is 2.56 bits per heavy atom. The number of likely N-dealkylation sites (N-methyl/N-ethyl adjacent to an activating group) is 1. The molecule has 100 valence electrons. The molecule has 1 atom stereocenters. The maximum absolute atomic E-state index is 11.3. The number of methoxy groups -OCH3 is 1. The zero-order valence-electron chi connectivity index (χ0n) is 10.8. The highest BCUT2D eigenvalue weighted by atomic mass is 32.1. The second-order valence-corrected chi connectivity index (χ2v) is 5.19. The standard InChI is InChI=1S/C12H19N3O2S/c1-3-15-6-4-5-9(15)7-13-12-14-10(8-18-12)11(16)17-2/h8-9H,3-7H2,1-2H3,(H,13,14). The Morgan fingerprint density at radius 1 is 1.72 bits per heavy atom. The van der Waals surface area contributed by atoms with Crippen LogP contribution in [-0.4, -0.2) is 48.6 Å². The number of hydrogen-bond acceptors (Lipinski definition) is 6. The molecule has 0 radical (unpaired) electrons. The van der Waals surface area contributed by atoms with E-state index in [1.807, 2.05) is 0 Å². The van der Waals surface area contributed by atoms with Crippen LogP contribution in [0, 0.1) is 0 Å². The number of esters is 1. The van der Waals surface area contributed by atoms with Crippen LogP contribution in [0.1, 0.15) is 30.3 Å². The lowest BCUT2D eigenvalue weighted by Crippen LogP contribution is -2.34. The number of aromatic nitrogens is 1. The number of rotatable bonds is 5. The van der Waals surface area contributed by atoms with Crippen LogP contribution in [0.3, 0.4) is 0 Å². The van der Waals surface area contributed by atoms with E-state index in [2.05, 4.69) is 26.9 Å². The lowest BCUT2D eigenvalue weighted by molar-refractivity contribution is 0.0595. The largest absolute Gasteiger partial charge is 0.464 e. The molecule has 5 nitrogen and oxygen atoms in total. The highest BCUT2D eigenvalue weighted by molar-refractivity contribution is 7.13. The van der Waals surface area contributed by atoms with Gasteiger partial charge in [-0.15, -0.1) is 11.3 Å². The highest BCUT2D eigenvalue weighted by Gasteiger charge is 2.22. The summed E-state index contributed by atoms with van der Waals surface area (Å²) in [6.07, 6.45) is 2.50. The van der Waals surface area contributed by atoms with Crippen molar-refractivity contribution >= 4 is 22.4 Å². The molecular weight excluding hydrogens is 250 g/mol. The topological polar surface area (TPSA) is 54.5 Å². The zero-order chi connectivity index (χ0) is 13.0. The third kappa shape index (κ3) is 3.00. The van der Waals surface area contributed by atoms with Gasteiger partial charge in [0.05, 0.1) is 7.11 Å². The van der Waals surface area contributed by atoms with E-state index >= 15 is 0 Å². The van der Waals surface area contributed by atoms with Gasteiger partial charge in [0.15, 0.2) is 10.8 Å². The van der Waals surface area contributed by atoms with Crippen LogP contribution in [0.4, 0.5) is 5.13 Å². The second-order valence-electron chi connectivity index (χ2n) is 4.34. The molecule has 2 heterocycles. The minimum atomic E-state index is -0.379. The molecule has 1 fully saturated rings. The molecule has 1 aromatic heterocycles. The molecule has 1 aromatic rings. The van der Waals surface area contributed by atoms with Crippen molar-refractivity contribution in [2.75, 3.05) is 32.1 Å². The highest BCUT2D eigenvalue weighted by Crippen LogP contribution is 2.20. The number of nitrogens with one attached hydrogen (secondary N) is 1. The fraction of sp³-hybridized carbons (Fsp3) is 0.667. The molecule has 1 N–H and O–H groups in total. The van der Waals surface area contributed by atoms with Crippen LogP contribution >= 0.6 is 11.3 Å². The molecule has 0 aliphatic carbocycles. The number of likely N-dealkylation sites (tertiary alicyclic amines) is 1. The molecule has 0 saturated carbocycles. The zero-order valence-corrected chi connectivity index (χ0v) is 11.6. The first kappa shape index (κ1) is 13.3. The average molecular weight is 269 g/mol. The van der Waals surface area contributed by atoms with Gasteiger partial charge >= 0.3 is 5.97 Å². The van der Waals surface area contributed by atoms with Crippen molar-refractivity contribution in [2.24, 2.45) is 0 Å². The van der Waals surface area contributed by atoms with Crippen LogP contribution in [0.2, 0.25) is 0 Å². The number of ether oxygens (including phenoxy) is 1. The Kier molecular flexibility index (Phi) is 4.54. The fourth-order valence-electron chi connectivity index (χ4n) is 2.30. The first-order chi connectivity index (χ1) is 8.74. The third-order valence-electron chi connectivity index (χ3n) is 3.29. The number of carbonyl (C=O) groups is 1. The van der Waals surface area contributed by atoms with Crippen LogP contribution in [0.25, 0.3) is 0 Å². The second kappa shape index (κ2) is 6.15. The number of hydrogen-bond donors (Lipinski definition) is 1. The van der Waals surface area contributed by atoms with Gasteiger partial charge in [0.25, 0.3) is 0 Å². The monoisotopic (exact) mass is 269 g/mol. The summed E-state index contributed by atoms with van der Waals surface area (Å²) in [5, 5.41) is 5.82. The predicted octanol–water partition coefficient (Wildman–Crippen LogP) is 1.83. The van der Waals surface area contributed by atoms with Gasteiger partial charge in [-0.25, -0.2) is 9.78 Å². The van der Waals surface area contributed by atoms with E-state index in [0.29, 0.717) is 11.7 Å². The summed E-state index contributed by atoms with van der Waals surface area (Å²) in [4.78, 5) is 18.0. The van der Waals surface area contributed by atoms with Gasteiger partial charge < -0.3 is 10.1 Å². The molecule has 0 spiro atoms. The number of thiazole rings is 1. The number of anilines is 1. The molecule has 0 amide bonds. The lowest BCUT2D eigenvalue weighted by atomic mass is 10.2. The van der Waals surface area contributed by atoms with E-state index < -0.39 is 0 Å². The minimum Gasteiger partial charge on any atom is -0.464 e. The summed E-state index contributed by atoms with van der Waals surface area (Å²) < 4.78 is 4.63. The lowest BCUT2D eigenvalue weighted by Gasteiger charge is -2.22. The van der Waals surface area contributed by atoms with Gasteiger partial charge in [0.1, 0.15) is 0 Å². The fourth-order valence-corrected chi connectivity index (χ4v) is 2.99. The van der Waals surface area contributed by atoms with E-state index in [0.717, 1.165) is 18.2 Å². The molecular formula is C12H19N3O2S. The van der Waals surface area contributed by atoms with Gasteiger partial charge in [-0.05, 0) is 25.9 Å². The maximum Gasteiger partial charge on any atom is 0.357 e. The molecule has 2 rings (SSSR count). The van der Waals surface area contributed by atoms with Crippen molar-refractivity contribution in [3.63, 3.8) is 0 Å². The average Bonchev–Trinajstić information content (AvgIpc) is 3.03. The Hall–Kier alpha value is -1.14. The SMILES string of the molecule is CCN1CCCC1CNc1nc(C(=O)OC)cs1. The normalized spacial score (nSPS) is 20.0. The van der Waals surface area contributed by atoms with Crippen molar-refractivity contribution in [3.05, 3.63) is 11.1 Å². The van der Waals surface area contributed by atoms with Crippen molar-refractivity contribution in [1.82, 2.24) is 9.88 Å². The molecule has 0 bridgehead atoms. The van der Waals surface area contributed by atoms with Crippen molar-refractivity contribution in [3.8, 4) is 0 Å². The third-order valence-corrected chi connectivity index (χ3v) is 4.09. The minimum absolute atomic E-state index is 0.378. The molecule has 1 aliphatic rings. The van der Waals surface area contributed by atoms with E-state index in [9.17, 15) is 4.79 Å². The maximum atomic E-state index is 11.3. The Labute approximate surface area is 111 Å². The van der Waals surface area contributed by atoms with Crippen LogP contribution < -0.4 is 5.32 Å². The van der Waals surface area contributed by atoms with Crippen LogP contribution in [0.5, 0.6) is 0 Å². The van der Waals surface area contributed by atoms with Crippen molar-refractivity contribution in [2.45, 2.75) is 25.8 Å². The molecule has 1 aliphatic heterocycles. The Balaban J connectivity index is 1.86. The Morgan fingerprint density at radius 3 is 3.28 bits per heavy atom. The first-order valence-electron chi connectivity index (χ1n) is 6.26. The number of nitrogens with zero attached hydrogens (tertiary/aromatic N) is 2. The summed E-state index contributed by atoms with van der Waals surface area (Å²) in [6.45, 7) is 5.37. The molecule has 1 unspecified atom stereocenters. The molecule has 1 saturated heterocycles. The first-order valence-corrected chi connectivity index (χ1v) is 7.14. The van der Waals surface area contributed by atoms with Gasteiger partial charge in [-0.1, -0.05) is 6.92 Å². The van der Waals surface area contributed by atoms with E-state index in [1.54, 1.807) is 5.38 Å². The van der Waals surface area contributed by atoms with E-state index in [4.69, 9.17) is 0 Å². The van der Waals surface area contributed by atoms with Gasteiger partial charge in [-0.3, -0.25) is 4.90 Å². The van der Waals surface area contributed by atoms with E-state index in [1.165, 1.54) is 37.8 Å². The van der Waals surface area contributed by atoms with Crippen molar-refractivity contribution in [1.29, 1.82) is 0 Å². The molecule has 18 heavy (non-hydrogen) atoms. The van der Waals surface area contributed by atoms with Gasteiger partial charge in [0, 0.05) is 18.0 Å². The summed E-state index contributed by atoms with van der Waals surface area (Å²) in [7, 11) is 1.37. The summed E-state index contributed by atoms with van der Waals surface area (Å²) in [5.74, 6) is -0.379. The van der Waals surface area contributed by atoms with E-state index in [-0.39, 0.29) is 5.97 Å². The van der Waals surface area contributed by atoms with Crippen LogP contribution in [-0.2, 0) is 4.74 Å². The molecule has 6 heteroatoms. The van der Waals surface area contributed by atoms with Crippen molar-refractivity contribution < 1.29 is 9.53 Å².